The van der Waals surface area contributed by atoms with Gasteiger partial charge in [-0.15, -0.1) is 0 Å². The van der Waals surface area contributed by atoms with Crippen molar-refractivity contribution in [3.05, 3.63) is 0 Å². The Morgan fingerprint density at radius 1 is 0.911 bits per heavy atom. The quantitative estimate of drug-likeness (QED) is 0.0574. The van der Waals surface area contributed by atoms with Gasteiger partial charge in [0.15, 0.2) is 18.5 Å². The number of carboxylic acid groups (broad SMARTS) is 2. The van der Waals surface area contributed by atoms with Gasteiger partial charge < -0.3 is 44.8 Å². The van der Waals surface area contributed by atoms with Crippen LogP contribution in [0.1, 0.15) is 104 Å². The standard InChI is InChI=1S/C29H54NO14P/c1-4-5-6-7-8-9-10-11-12-13-14-15-16-17-40-23(28(36)37)19-41-45(38,39)44-29-24(30-21(3)32)26(42-20(2)27(34)35)25(33)22(18-31)43-29/h20,22-26,29,31,33H,4-19H2,1-3H3,(H,30,32)(H,34,35)(H,36,37)(H,38,39)/t20?,22-,23-,24-,25-,26-,29-/m1/s1. The number of nitrogens with one attached hydrogen (secondary N) is 1. The minimum Gasteiger partial charge on any atom is -0.479 e. The Labute approximate surface area is 265 Å². The van der Waals surface area contributed by atoms with Crippen molar-refractivity contribution in [2.24, 2.45) is 0 Å². The molecule has 1 aliphatic rings. The van der Waals surface area contributed by atoms with E-state index in [0.717, 1.165) is 39.5 Å². The van der Waals surface area contributed by atoms with Crippen molar-refractivity contribution >= 4 is 25.7 Å². The molecule has 0 bridgehead atoms. The highest BCUT2D eigenvalue weighted by atomic mass is 31.2. The average molecular weight is 672 g/mol. The second-order valence-corrected chi connectivity index (χ2v) is 12.7. The molecule has 0 aliphatic carbocycles. The highest BCUT2D eigenvalue weighted by molar-refractivity contribution is 7.47. The number of phosphoric ester groups is 1. The van der Waals surface area contributed by atoms with Gasteiger partial charge in [0.25, 0.3) is 0 Å². The van der Waals surface area contributed by atoms with Crippen molar-refractivity contribution in [2.45, 2.75) is 147 Å². The summed E-state index contributed by atoms with van der Waals surface area (Å²) >= 11 is 0. The van der Waals surface area contributed by atoms with E-state index in [1.807, 2.05) is 0 Å². The molecule has 1 fully saturated rings. The Bertz CT molecular complexity index is 908. The second-order valence-electron chi connectivity index (χ2n) is 11.3. The fourth-order valence-corrected chi connectivity index (χ4v) is 5.69. The first-order valence-corrected chi connectivity index (χ1v) is 17.4. The van der Waals surface area contributed by atoms with Gasteiger partial charge in [0.1, 0.15) is 24.4 Å². The third kappa shape index (κ3) is 17.2. The van der Waals surface area contributed by atoms with Crippen LogP contribution < -0.4 is 5.32 Å². The summed E-state index contributed by atoms with van der Waals surface area (Å²) in [5, 5.41) is 41.2. The van der Waals surface area contributed by atoms with Crippen molar-refractivity contribution in [1.82, 2.24) is 5.32 Å². The number of aliphatic carboxylic acids is 2. The number of carbonyl (C=O) groups excluding carboxylic acids is 1. The first-order chi connectivity index (χ1) is 21.3. The molecule has 264 valence electrons. The summed E-state index contributed by atoms with van der Waals surface area (Å²) in [5.41, 5.74) is 0. The lowest BCUT2D eigenvalue weighted by Crippen LogP contribution is -2.65. The lowest BCUT2D eigenvalue weighted by molar-refractivity contribution is -0.262. The number of aliphatic hydroxyl groups excluding tert-OH is 2. The minimum absolute atomic E-state index is 0.0991. The van der Waals surface area contributed by atoms with Crippen LogP contribution in [0, 0.1) is 0 Å². The van der Waals surface area contributed by atoms with E-state index in [0.29, 0.717) is 6.42 Å². The smallest absolute Gasteiger partial charge is 0.474 e. The summed E-state index contributed by atoms with van der Waals surface area (Å²) in [5.74, 6) is -3.53. The zero-order chi connectivity index (χ0) is 33.8. The predicted octanol–water partition coefficient (Wildman–Crippen LogP) is 3.12. The van der Waals surface area contributed by atoms with E-state index in [9.17, 15) is 44.3 Å². The van der Waals surface area contributed by atoms with Gasteiger partial charge in [-0.1, -0.05) is 84.0 Å². The summed E-state index contributed by atoms with van der Waals surface area (Å²) in [4.78, 5) is 45.1. The van der Waals surface area contributed by atoms with Crippen molar-refractivity contribution in [1.29, 1.82) is 0 Å². The van der Waals surface area contributed by atoms with E-state index >= 15 is 0 Å². The molecule has 0 radical (unpaired) electrons. The Morgan fingerprint density at radius 3 is 1.91 bits per heavy atom. The van der Waals surface area contributed by atoms with Crippen LogP contribution >= 0.6 is 7.82 Å². The van der Waals surface area contributed by atoms with Crippen molar-refractivity contribution in [3.8, 4) is 0 Å². The monoisotopic (exact) mass is 671 g/mol. The Balaban J connectivity index is 2.56. The third-order valence-corrected chi connectivity index (χ3v) is 8.35. The number of amides is 1. The number of ether oxygens (including phenoxy) is 3. The fourth-order valence-electron chi connectivity index (χ4n) is 4.86. The van der Waals surface area contributed by atoms with Gasteiger partial charge >= 0.3 is 19.8 Å². The number of aliphatic hydroxyl groups is 2. The Kier molecular flexibility index (Phi) is 20.9. The maximum Gasteiger partial charge on any atom is 0.474 e. The number of unbranched alkanes of at least 4 members (excludes halogenated alkanes) is 12. The molecule has 1 rings (SSSR count). The lowest BCUT2D eigenvalue weighted by atomic mass is 9.96. The fraction of sp³-hybridized carbons (Fsp3) is 0.897. The Hall–Kier alpha value is -1.68. The first kappa shape index (κ1) is 41.3. The summed E-state index contributed by atoms with van der Waals surface area (Å²) in [6.07, 6.45) is 5.30. The molecule has 0 aromatic rings. The van der Waals surface area contributed by atoms with Gasteiger partial charge in [-0.3, -0.25) is 13.8 Å². The van der Waals surface area contributed by atoms with Gasteiger partial charge in [0.05, 0.1) is 13.2 Å². The zero-order valence-corrected chi connectivity index (χ0v) is 27.6. The molecule has 1 saturated heterocycles. The number of carbonyl (C=O) groups is 3. The Morgan fingerprint density at radius 2 is 1.44 bits per heavy atom. The average Bonchev–Trinajstić information content (AvgIpc) is 2.97. The number of phosphoric acid groups is 1. The predicted molar refractivity (Wildman–Crippen MR) is 161 cm³/mol. The SMILES string of the molecule is CCCCCCCCCCCCCCCO[C@H](COP(=O)(O)O[C@H]1O[C@H](CO)[C@@H](O)[C@H](OC(C)C(=O)O)[C@H]1NC(C)=O)C(=O)O. The zero-order valence-electron chi connectivity index (χ0n) is 26.7. The molecule has 45 heavy (non-hydrogen) atoms. The minimum atomic E-state index is -5.10. The van der Waals surface area contributed by atoms with Crippen LogP contribution in [0.25, 0.3) is 0 Å². The van der Waals surface area contributed by atoms with E-state index in [-0.39, 0.29) is 6.61 Å². The van der Waals surface area contributed by atoms with E-state index in [1.54, 1.807) is 0 Å². The molecule has 8 atom stereocenters. The topological polar surface area (TPSA) is 228 Å². The third-order valence-electron chi connectivity index (χ3n) is 7.40. The van der Waals surface area contributed by atoms with Crippen LogP contribution in [0.2, 0.25) is 0 Å². The maximum absolute atomic E-state index is 12.8. The van der Waals surface area contributed by atoms with Crippen LogP contribution in [0.5, 0.6) is 0 Å². The number of hydrogen-bond donors (Lipinski definition) is 6. The van der Waals surface area contributed by atoms with Gasteiger partial charge in [-0.05, 0) is 13.3 Å². The summed E-state index contributed by atoms with van der Waals surface area (Å²) < 4.78 is 38.7. The van der Waals surface area contributed by atoms with E-state index in [2.05, 4.69) is 12.2 Å². The molecule has 0 aromatic heterocycles. The van der Waals surface area contributed by atoms with E-state index < -0.39 is 81.7 Å². The van der Waals surface area contributed by atoms with Gasteiger partial charge in [0.2, 0.25) is 5.91 Å². The molecule has 1 heterocycles. The molecule has 0 saturated carbocycles. The van der Waals surface area contributed by atoms with E-state index in [4.69, 9.17) is 23.3 Å². The van der Waals surface area contributed by atoms with Gasteiger partial charge in [-0.25, -0.2) is 14.2 Å². The summed E-state index contributed by atoms with van der Waals surface area (Å²) in [6.45, 7) is 2.87. The van der Waals surface area contributed by atoms with Crippen LogP contribution in [0.4, 0.5) is 0 Å². The molecular formula is C29H54NO14P. The molecular weight excluding hydrogens is 617 g/mol. The molecule has 1 amide bonds. The maximum atomic E-state index is 12.8. The molecule has 1 aliphatic heterocycles. The van der Waals surface area contributed by atoms with Crippen LogP contribution in [0.3, 0.4) is 0 Å². The molecule has 16 heteroatoms. The number of rotatable bonds is 26. The molecule has 6 N–H and O–H groups in total. The molecule has 15 nitrogen and oxygen atoms in total. The summed E-state index contributed by atoms with van der Waals surface area (Å²) in [6, 6.07) is -1.52. The normalized spacial score (nSPS) is 24.4. The van der Waals surface area contributed by atoms with E-state index in [1.165, 1.54) is 51.4 Å². The molecule has 0 spiro atoms. The van der Waals surface area contributed by atoms with Crippen LogP contribution in [-0.4, -0.2) is 106 Å². The van der Waals surface area contributed by atoms with Crippen molar-refractivity contribution in [2.75, 3.05) is 19.8 Å². The van der Waals surface area contributed by atoms with Crippen molar-refractivity contribution in [3.63, 3.8) is 0 Å². The van der Waals surface area contributed by atoms with Crippen molar-refractivity contribution < 1.29 is 67.5 Å². The van der Waals surface area contributed by atoms with Crippen LogP contribution in [0.15, 0.2) is 0 Å². The van der Waals surface area contributed by atoms with Crippen LogP contribution in [-0.2, 0) is 42.2 Å². The first-order valence-electron chi connectivity index (χ1n) is 15.9. The largest absolute Gasteiger partial charge is 0.479 e. The number of hydrogen-bond acceptors (Lipinski definition) is 11. The molecule has 0 aromatic carbocycles. The second kappa shape index (κ2) is 22.8. The lowest BCUT2D eigenvalue weighted by Gasteiger charge is -2.44. The van der Waals surface area contributed by atoms with Gasteiger partial charge in [-0.2, -0.15) is 0 Å². The summed E-state index contributed by atoms with van der Waals surface area (Å²) in [7, 11) is -5.10. The highest BCUT2D eigenvalue weighted by Gasteiger charge is 2.50. The van der Waals surface area contributed by atoms with Gasteiger partial charge in [0, 0.05) is 13.5 Å². The molecule has 2 unspecified atom stereocenters. The highest BCUT2D eigenvalue weighted by Crippen LogP contribution is 2.47. The number of carboxylic acids is 2.